The number of ether oxygens (including phenoxy) is 1. The first kappa shape index (κ1) is 19.6. The van der Waals surface area contributed by atoms with Crippen LogP contribution in [-0.2, 0) is 10.0 Å². The predicted octanol–water partition coefficient (Wildman–Crippen LogP) is 5.68. The quantitative estimate of drug-likeness (QED) is 0.497. The van der Waals surface area contributed by atoms with Gasteiger partial charge in [0.05, 0.1) is 9.37 Å². The minimum absolute atomic E-state index is 0.148. The number of sulfonamides is 1. The summed E-state index contributed by atoms with van der Waals surface area (Å²) in [5.74, 6) is 0.962. The Kier molecular flexibility index (Phi) is 5.15. The minimum Gasteiger partial charge on any atom is -0.453 e. The van der Waals surface area contributed by atoms with Crippen molar-refractivity contribution in [2.75, 3.05) is 0 Å². The first-order valence-electron chi connectivity index (χ1n) is 9.00. The molecule has 1 heterocycles. The zero-order valence-electron chi connectivity index (χ0n) is 15.9. The van der Waals surface area contributed by atoms with Crippen molar-refractivity contribution in [2.24, 2.45) is 4.40 Å². The molecule has 0 saturated carbocycles. The molecule has 1 aliphatic heterocycles. The van der Waals surface area contributed by atoms with Crippen LogP contribution in [-0.4, -0.2) is 14.1 Å². The Morgan fingerprint density at radius 1 is 0.931 bits per heavy atom. The number of halogens is 1. The van der Waals surface area contributed by atoms with Crippen molar-refractivity contribution in [3.63, 3.8) is 0 Å². The SMILES string of the molecule is Cc1ccc(S(=O)(=O)/N=C2\C(=C\c3ccccc3)Oc3c(Br)cc(C)cc32)cc1. The Bertz CT molecular complexity index is 1250. The van der Waals surface area contributed by atoms with E-state index in [0.29, 0.717) is 22.8 Å². The number of allylic oxidation sites excluding steroid dienone is 1. The first-order chi connectivity index (χ1) is 13.8. The Morgan fingerprint density at radius 2 is 1.62 bits per heavy atom. The highest BCUT2D eigenvalue weighted by Gasteiger charge is 2.30. The summed E-state index contributed by atoms with van der Waals surface area (Å²) in [6, 6.07) is 20.0. The summed E-state index contributed by atoms with van der Waals surface area (Å²) in [6.45, 7) is 3.85. The van der Waals surface area contributed by atoms with E-state index in [9.17, 15) is 8.42 Å². The van der Waals surface area contributed by atoms with Gasteiger partial charge in [0.2, 0.25) is 0 Å². The van der Waals surface area contributed by atoms with Gasteiger partial charge in [-0.2, -0.15) is 12.8 Å². The first-order valence-corrected chi connectivity index (χ1v) is 11.2. The van der Waals surface area contributed by atoms with Crippen molar-refractivity contribution in [3.8, 4) is 5.75 Å². The Hall–Kier alpha value is -2.70. The molecule has 0 aliphatic carbocycles. The summed E-state index contributed by atoms with van der Waals surface area (Å²) in [6.07, 6.45) is 1.80. The van der Waals surface area contributed by atoms with E-state index in [-0.39, 0.29) is 4.90 Å². The van der Waals surface area contributed by atoms with Crippen LogP contribution >= 0.6 is 15.9 Å². The Morgan fingerprint density at radius 3 is 2.31 bits per heavy atom. The lowest BCUT2D eigenvalue weighted by Crippen LogP contribution is -2.07. The molecule has 0 bridgehead atoms. The van der Waals surface area contributed by atoms with Gasteiger partial charge >= 0.3 is 0 Å². The van der Waals surface area contributed by atoms with Crippen LogP contribution in [0.5, 0.6) is 5.75 Å². The fourth-order valence-electron chi connectivity index (χ4n) is 3.08. The van der Waals surface area contributed by atoms with E-state index in [1.165, 1.54) is 0 Å². The van der Waals surface area contributed by atoms with Gasteiger partial charge in [0, 0.05) is 5.56 Å². The Labute approximate surface area is 178 Å². The third kappa shape index (κ3) is 4.04. The van der Waals surface area contributed by atoms with Gasteiger partial charge in [0.15, 0.2) is 11.5 Å². The van der Waals surface area contributed by atoms with Crippen LogP contribution in [0.15, 0.2) is 86.3 Å². The number of rotatable bonds is 3. The van der Waals surface area contributed by atoms with E-state index in [4.69, 9.17) is 4.74 Å². The van der Waals surface area contributed by atoms with Crippen LogP contribution in [0, 0.1) is 13.8 Å². The van der Waals surface area contributed by atoms with Crippen molar-refractivity contribution in [2.45, 2.75) is 18.7 Å². The maximum Gasteiger partial charge on any atom is 0.282 e. The normalized spacial score (nSPS) is 16.1. The van der Waals surface area contributed by atoms with Crippen LogP contribution in [0.2, 0.25) is 0 Å². The third-order valence-electron chi connectivity index (χ3n) is 4.52. The molecular formula is C23H18BrNO3S. The number of hydrogen-bond acceptors (Lipinski definition) is 3. The zero-order chi connectivity index (χ0) is 20.6. The fourth-order valence-corrected chi connectivity index (χ4v) is 4.75. The van der Waals surface area contributed by atoms with E-state index in [2.05, 4.69) is 20.3 Å². The second kappa shape index (κ2) is 7.61. The zero-order valence-corrected chi connectivity index (χ0v) is 18.3. The van der Waals surface area contributed by atoms with Gasteiger partial charge < -0.3 is 4.74 Å². The molecule has 4 rings (SSSR count). The van der Waals surface area contributed by atoms with Crippen LogP contribution < -0.4 is 4.74 Å². The summed E-state index contributed by atoms with van der Waals surface area (Å²) in [5.41, 5.74) is 3.79. The second-order valence-corrected chi connectivity index (χ2v) is 9.33. The molecule has 6 heteroatoms. The van der Waals surface area contributed by atoms with Crippen molar-refractivity contribution in [1.29, 1.82) is 0 Å². The van der Waals surface area contributed by atoms with Gasteiger partial charge in [-0.1, -0.05) is 48.0 Å². The summed E-state index contributed by atoms with van der Waals surface area (Å²) in [7, 11) is -3.90. The molecule has 146 valence electrons. The molecule has 3 aromatic rings. The number of nitrogens with zero attached hydrogens (tertiary/aromatic N) is 1. The van der Waals surface area contributed by atoms with Crippen LogP contribution in [0.4, 0.5) is 0 Å². The minimum atomic E-state index is -3.90. The number of aryl methyl sites for hydroxylation is 2. The molecule has 0 saturated heterocycles. The molecule has 0 N–H and O–H groups in total. The van der Waals surface area contributed by atoms with Crippen LogP contribution in [0.1, 0.15) is 22.3 Å². The van der Waals surface area contributed by atoms with E-state index >= 15 is 0 Å². The maximum absolute atomic E-state index is 13.0. The number of fused-ring (bicyclic) bond motifs is 1. The van der Waals surface area contributed by atoms with E-state index in [1.54, 1.807) is 30.3 Å². The highest BCUT2D eigenvalue weighted by Crippen LogP contribution is 2.40. The second-order valence-electron chi connectivity index (χ2n) is 6.87. The Balaban J connectivity index is 1.90. The van der Waals surface area contributed by atoms with Gasteiger partial charge in [-0.3, -0.25) is 0 Å². The number of benzene rings is 3. The molecular weight excluding hydrogens is 450 g/mol. The molecule has 29 heavy (non-hydrogen) atoms. The third-order valence-corrected chi connectivity index (χ3v) is 6.40. The predicted molar refractivity (Wildman–Crippen MR) is 119 cm³/mol. The lowest BCUT2D eigenvalue weighted by molar-refractivity contribution is 0.470. The molecule has 0 radical (unpaired) electrons. The van der Waals surface area contributed by atoms with Gasteiger partial charge in [0.1, 0.15) is 5.71 Å². The van der Waals surface area contributed by atoms with Gasteiger partial charge in [-0.15, -0.1) is 0 Å². The molecule has 0 unspecified atom stereocenters. The van der Waals surface area contributed by atoms with Crippen LogP contribution in [0.25, 0.3) is 6.08 Å². The lowest BCUT2D eigenvalue weighted by atomic mass is 10.1. The molecule has 3 aromatic carbocycles. The van der Waals surface area contributed by atoms with Crippen molar-refractivity contribution in [3.05, 3.63) is 99.2 Å². The van der Waals surface area contributed by atoms with Crippen LogP contribution in [0.3, 0.4) is 0 Å². The summed E-state index contributed by atoms with van der Waals surface area (Å²) in [5, 5.41) is 0. The van der Waals surface area contributed by atoms with Gasteiger partial charge in [0.25, 0.3) is 10.0 Å². The topological polar surface area (TPSA) is 55.7 Å². The molecule has 0 fully saturated rings. The average Bonchev–Trinajstić information content (AvgIpc) is 3.00. The highest BCUT2D eigenvalue weighted by molar-refractivity contribution is 9.10. The maximum atomic E-state index is 13.0. The summed E-state index contributed by atoms with van der Waals surface area (Å²) >= 11 is 3.51. The van der Waals surface area contributed by atoms with E-state index in [0.717, 1.165) is 21.2 Å². The molecule has 1 aliphatic rings. The molecule has 0 aromatic heterocycles. The monoisotopic (exact) mass is 467 g/mol. The molecule has 0 atom stereocenters. The number of hydrogen-bond donors (Lipinski definition) is 0. The summed E-state index contributed by atoms with van der Waals surface area (Å²) in [4.78, 5) is 0.148. The average molecular weight is 468 g/mol. The van der Waals surface area contributed by atoms with Gasteiger partial charge in [-0.05, 0) is 71.2 Å². The smallest absolute Gasteiger partial charge is 0.282 e. The molecule has 0 spiro atoms. The van der Waals surface area contributed by atoms with E-state index in [1.807, 2.05) is 56.3 Å². The summed E-state index contributed by atoms with van der Waals surface area (Å²) < 4.78 is 37.0. The largest absolute Gasteiger partial charge is 0.453 e. The van der Waals surface area contributed by atoms with Crippen molar-refractivity contribution < 1.29 is 13.2 Å². The fraction of sp³-hybridized carbons (Fsp3) is 0.0870. The lowest BCUT2D eigenvalue weighted by Gasteiger charge is -2.03. The van der Waals surface area contributed by atoms with Crippen molar-refractivity contribution >= 4 is 37.7 Å². The van der Waals surface area contributed by atoms with Gasteiger partial charge in [-0.25, -0.2) is 0 Å². The molecule has 0 amide bonds. The highest BCUT2D eigenvalue weighted by atomic mass is 79.9. The van der Waals surface area contributed by atoms with E-state index < -0.39 is 10.0 Å². The standard InChI is InChI=1S/C23H18BrNO3S/c1-15-8-10-18(11-9-15)29(26,27)25-22-19-12-16(2)13-20(24)23(19)28-21(22)14-17-6-4-3-5-7-17/h3-14H,1-2H3/b21-14-,25-22-. The molecule has 4 nitrogen and oxygen atoms in total. The van der Waals surface area contributed by atoms with Crippen molar-refractivity contribution in [1.82, 2.24) is 0 Å².